The Morgan fingerprint density at radius 3 is 2.70 bits per heavy atom. The molecule has 0 aliphatic carbocycles. The van der Waals surface area contributed by atoms with Crippen molar-refractivity contribution in [1.29, 1.82) is 0 Å². The SMILES string of the molecule is C=CCN(CC=C)C(=O)CN1CCNCC1c1ccccc1Cl. The Morgan fingerprint density at radius 1 is 1.35 bits per heavy atom. The summed E-state index contributed by atoms with van der Waals surface area (Å²) in [7, 11) is 0. The van der Waals surface area contributed by atoms with E-state index >= 15 is 0 Å². The van der Waals surface area contributed by atoms with Crippen molar-refractivity contribution in [3.05, 3.63) is 60.2 Å². The number of hydrogen-bond donors (Lipinski definition) is 1. The van der Waals surface area contributed by atoms with E-state index in [9.17, 15) is 4.79 Å². The number of benzene rings is 1. The van der Waals surface area contributed by atoms with E-state index in [1.165, 1.54) is 0 Å². The van der Waals surface area contributed by atoms with Gasteiger partial charge in [0.25, 0.3) is 0 Å². The molecular formula is C18H24ClN3O. The highest BCUT2D eigenvalue weighted by Crippen LogP contribution is 2.28. The number of amides is 1. The molecule has 1 aliphatic heterocycles. The smallest absolute Gasteiger partial charge is 0.237 e. The molecule has 1 aromatic carbocycles. The second-order valence-electron chi connectivity index (χ2n) is 5.59. The predicted molar refractivity (Wildman–Crippen MR) is 95.6 cm³/mol. The third-order valence-corrected chi connectivity index (χ3v) is 4.35. The van der Waals surface area contributed by atoms with Crippen molar-refractivity contribution in [3.63, 3.8) is 0 Å². The highest BCUT2D eigenvalue weighted by Gasteiger charge is 2.28. The van der Waals surface area contributed by atoms with E-state index in [2.05, 4.69) is 23.4 Å². The number of hydrogen-bond acceptors (Lipinski definition) is 3. The Kier molecular flexibility index (Phi) is 6.84. The summed E-state index contributed by atoms with van der Waals surface area (Å²) in [6, 6.07) is 7.94. The molecule has 1 unspecified atom stereocenters. The lowest BCUT2D eigenvalue weighted by Gasteiger charge is -2.37. The summed E-state index contributed by atoms with van der Waals surface area (Å²) in [4.78, 5) is 16.5. The predicted octanol–water partition coefficient (Wildman–Crippen LogP) is 2.49. The monoisotopic (exact) mass is 333 g/mol. The van der Waals surface area contributed by atoms with Gasteiger partial charge in [-0.15, -0.1) is 13.2 Å². The molecule has 5 heteroatoms. The van der Waals surface area contributed by atoms with Gasteiger partial charge in [0.1, 0.15) is 0 Å². The quantitative estimate of drug-likeness (QED) is 0.779. The minimum absolute atomic E-state index is 0.0868. The number of rotatable bonds is 7. The molecular weight excluding hydrogens is 310 g/mol. The molecule has 23 heavy (non-hydrogen) atoms. The van der Waals surface area contributed by atoms with Gasteiger partial charge in [0.05, 0.1) is 6.54 Å². The van der Waals surface area contributed by atoms with E-state index < -0.39 is 0 Å². The molecule has 124 valence electrons. The van der Waals surface area contributed by atoms with E-state index in [4.69, 9.17) is 11.6 Å². The Bertz CT molecular complexity index is 551. The van der Waals surface area contributed by atoms with Crippen LogP contribution < -0.4 is 5.32 Å². The van der Waals surface area contributed by atoms with Crippen LogP contribution in [0.15, 0.2) is 49.6 Å². The zero-order valence-electron chi connectivity index (χ0n) is 13.4. The molecule has 2 rings (SSSR count). The van der Waals surface area contributed by atoms with Crippen LogP contribution in [0.1, 0.15) is 11.6 Å². The lowest BCUT2D eigenvalue weighted by atomic mass is 10.0. The normalized spacial score (nSPS) is 18.4. The van der Waals surface area contributed by atoms with Crippen LogP contribution in [-0.2, 0) is 4.79 Å². The summed E-state index contributed by atoms with van der Waals surface area (Å²) in [6.07, 6.45) is 3.48. The Hall–Kier alpha value is -1.62. The van der Waals surface area contributed by atoms with Crippen molar-refractivity contribution in [3.8, 4) is 0 Å². The van der Waals surface area contributed by atoms with E-state index in [0.29, 0.717) is 19.6 Å². The highest BCUT2D eigenvalue weighted by atomic mass is 35.5. The van der Waals surface area contributed by atoms with Crippen molar-refractivity contribution >= 4 is 17.5 Å². The molecule has 0 bridgehead atoms. The largest absolute Gasteiger partial charge is 0.334 e. The van der Waals surface area contributed by atoms with Gasteiger partial charge in [-0.1, -0.05) is 42.0 Å². The lowest BCUT2D eigenvalue weighted by Crippen LogP contribution is -2.50. The molecule has 1 aliphatic rings. The average Bonchev–Trinajstić information content (AvgIpc) is 2.56. The number of nitrogens with zero attached hydrogens (tertiary/aromatic N) is 2. The molecule has 1 N–H and O–H groups in total. The van der Waals surface area contributed by atoms with Gasteiger partial charge in [0.2, 0.25) is 5.91 Å². The summed E-state index contributed by atoms with van der Waals surface area (Å²) < 4.78 is 0. The maximum atomic E-state index is 12.6. The average molecular weight is 334 g/mol. The fourth-order valence-electron chi connectivity index (χ4n) is 2.85. The number of halogens is 1. The molecule has 0 spiro atoms. The number of piperazine rings is 1. The molecule has 1 fully saturated rings. The van der Waals surface area contributed by atoms with Crippen LogP contribution in [0, 0.1) is 0 Å². The number of nitrogens with one attached hydrogen (secondary N) is 1. The Balaban J connectivity index is 2.12. The first-order valence-corrected chi connectivity index (χ1v) is 8.24. The van der Waals surface area contributed by atoms with Gasteiger partial charge in [0.15, 0.2) is 0 Å². The highest BCUT2D eigenvalue weighted by molar-refractivity contribution is 6.31. The first-order valence-electron chi connectivity index (χ1n) is 7.86. The summed E-state index contributed by atoms with van der Waals surface area (Å²) in [5.41, 5.74) is 1.06. The Labute approximate surface area is 143 Å². The number of carbonyl (C=O) groups excluding carboxylic acids is 1. The molecule has 4 nitrogen and oxygen atoms in total. The molecule has 0 radical (unpaired) electrons. The van der Waals surface area contributed by atoms with Gasteiger partial charge in [0, 0.05) is 43.8 Å². The maximum Gasteiger partial charge on any atom is 0.237 e. The van der Waals surface area contributed by atoms with Crippen LogP contribution in [-0.4, -0.2) is 55.0 Å². The van der Waals surface area contributed by atoms with Crippen LogP contribution in [0.2, 0.25) is 5.02 Å². The second kappa shape index (κ2) is 8.87. The van der Waals surface area contributed by atoms with Gasteiger partial charge < -0.3 is 10.2 Å². The third-order valence-electron chi connectivity index (χ3n) is 4.01. The summed E-state index contributed by atoms with van der Waals surface area (Å²) in [5, 5.41) is 4.13. The van der Waals surface area contributed by atoms with E-state index in [0.717, 1.165) is 30.2 Å². The van der Waals surface area contributed by atoms with Crippen molar-refractivity contribution in [2.75, 3.05) is 39.3 Å². The van der Waals surface area contributed by atoms with Crippen molar-refractivity contribution in [2.24, 2.45) is 0 Å². The first-order chi connectivity index (χ1) is 11.2. The van der Waals surface area contributed by atoms with Gasteiger partial charge in [-0.05, 0) is 11.6 Å². The molecule has 1 atom stereocenters. The van der Waals surface area contributed by atoms with Crippen molar-refractivity contribution < 1.29 is 4.79 Å². The van der Waals surface area contributed by atoms with Crippen LogP contribution in [0.3, 0.4) is 0 Å². The standard InChI is InChI=1S/C18H24ClN3O/c1-3-10-21(11-4-2)18(23)14-22-12-9-20-13-17(22)15-7-5-6-8-16(15)19/h3-8,17,20H,1-2,9-14H2. The summed E-state index contributed by atoms with van der Waals surface area (Å²) in [5.74, 6) is 0.0868. The summed E-state index contributed by atoms with van der Waals surface area (Å²) >= 11 is 6.35. The third kappa shape index (κ3) is 4.67. The molecule has 0 saturated carbocycles. The zero-order valence-corrected chi connectivity index (χ0v) is 14.1. The number of carbonyl (C=O) groups is 1. The van der Waals surface area contributed by atoms with Crippen LogP contribution in [0.5, 0.6) is 0 Å². The Morgan fingerprint density at radius 2 is 2.04 bits per heavy atom. The van der Waals surface area contributed by atoms with E-state index in [-0.39, 0.29) is 11.9 Å². The van der Waals surface area contributed by atoms with E-state index in [1.54, 1.807) is 17.1 Å². The van der Waals surface area contributed by atoms with Crippen molar-refractivity contribution in [1.82, 2.24) is 15.1 Å². The zero-order chi connectivity index (χ0) is 16.7. The molecule has 0 aromatic heterocycles. The second-order valence-corrected chi connectivity index (χ2v) is 6.00. The maximum absolute atomic E-state index is 12.6. The minimum atomic E-state index is 0.0868. The van der Waals surface area contributed by atoms with Gasteiger partial charge in [-0.3, -0.25) is 9.69 Å². The van der Waals surface area contributed by atoms with Crippen LogP contribution in [0.4, 0.5) is 0 Å². The van der Waals surface area contributed by atoms with Crippen LogP contribution in [0.25, 0.3) is 0 Å². The molecule has 1 amide bonds. The molecule has 1 aromatic rings. The van der Waals surface area contributed by atoms with Gasteiger partial charge >= 0.3 is 0 Å². The fourth-order valence-corrected chi connectivity index (χ4v) is 3.11. The topological polar surface area (TPSA) is 35.6 Å². The van der Waals surface area contributed by atoms with Gasteiger partial charge in [-0.2, -0.15) is 0 Å². The molecule has 1 heterocycles. The van der Waals surface area contributed by atoms with Gasteiger partial charge in [-0.25, -0.2) is 0 Å². The van der Waals surface area contributed by atoms with Crippen molar-refractivity contribution in [2.45, 2.75) is 6.04 Å². The summed E-state index contributed by atoms with van der Waals surface area (Å²) in [6.45, 7) is 11.4. The van der Waals surface area contributed by atoms with Crippen LogP contribution >= 0.6 is 11.6 Å². The van der Waals surface area contributed by atoms with E-state index in [1.807, 2.05) is 24.3 Å². The lowest BCUT2D eigenvalue weighted by molar-refractivity contribution is -0.132. The fraction of sp³-hybridized carbons (Fsp3) is 0.389. The minimum Gasteiger partial charge on any atom is -0.334 e. The molecule has 1 saturated heterocycles. The first kappa shape index (κ1) is 17.7.